The van der Waals surface area contributed by atoms with Crippen LogP contribution in [0.15, 0.2) is 77.7 Å². The standard InChI is InChI=1S/C27H37NO4S/c1-27(2,3)32-26(30)28-24(21-33-23-16-10-7-11-17-23)25(18-12-4-5-13-19-29)31-20-22-14-8-6-9-15-22/h4,6-12,14-17,24-25,29H,5,13,18-21H2,1-3H3,(H,28,30)/b12-4+/t24-,25-/m1/s1. The molecule has 0 heterocycles. The Morgan fingerprint density at radius 2 is 1.73 bits per heavy atom. The van der Waals surface area contributed by atoms with E-state index in [-0.39, 0.29) is 18.8 Å². The molecule has 5 nitrogen and oxygen atoms in total. The quantitative estimate of drug-likeness (QED) is 0.214. The molecule has 0 bridgehead atoms. The zero-order valence-corrected chi connectivity index (χ0v) is 20.7. The molecule has 1 amide bonds. The summed E-state index contributed by atoms with van der Waals surface area (Å²) in [5.74, 6) is 0.646. The van der Waals surface area contributed by atoms with Crippen molar-refractivity contribution in [1.29, 1.82) is 0 Å². The summed E-state index contributed by atoms with van der Waals surface area (Å²) in [6.45, 7) is 6.20. The van der Waals surface area contributed by atoms with Gasteiger partial charge in [-0.3, -0.25) is 0 Å². The summed E-state index contributed by atoms with van der Waals surface area (Å²) in [6.07, 6.45) is 5.64. The van der Waals surface area contributed by atoms with Crippen molar-refractivity contribution in [2.24, 2.45) is 0 Å². The number of allylic oxidation sites excluding steroid dienone is 1. The fourth-order valence-corrected chi connectivity index (χ4v) is 4.11. The second-order valence-corrected chi connectivity index (χ2v) is 9.88. The molecule has 180 valence electrons. The van der Waals surface area contributed by atoms with Crippen molar-refractivity contribution in [2.75, 3.05) is 12.4 Å². The number of rotatable bonds is 13. The summed E-state index contributed by atoms with van der Waals surface area (Å²) in [6, 6.07) is 19.9. The number of thioether (sulfide) groups is 1. The average Bonchev–Trinajstić information content (AvgIpc) is 2.79. The lowest BCUT2D eigenvalue weighted by atomic mass is 10.1. The number of hydrogen-bond acceptors (Lipinski definition) is 5. The smallest absolute Gasteiger partial charge is 0.407 e. The summed E-state index contributed by atoms with van der Waals surface area (Å²) in [5.41, 5.74) is 0.504. The van der Waals surface area contributed by atoms with E-state index >= 15 is 0 Å². The molecule has 0 aromatic heterocycles. The molecule has 2 rings (SSSR count). The monoisotopic (exact) mass is 471 g/mol. The third kappa shape index (κ3) is 11.9. The van der Waals surface area contributed by atoms with Crippen LogP contribution >= 0.6 is 11.8 Å². The van der Waals surface area contributed by atoms with E-state index in [4.69, 9.17) is 14.6 Å². The van der Waals surface area contributed by atoms with E-state index in [0.717, 1.165) is 23.3 Å². The highest BCUT2D eigenvalue weighted by Crippen LogP contribution is 2.22. The van der Waals surface area contributed by atoms with E-state index in [2.05, 4.69) is 29.6 Å². The van der Waals surface area contributed by atoms with Gasteiger partial charge in [0.25, 0.3) is 0 Å². The van der Waals surface area contributed by atoms with Gasteiger partial charge in [-0.25, -0.2) is 4.79 Å². The van der Waals surface area contributed by atoms with E-state index in [1.165, 1.54) is 0 Å². The Labute approximate surface area is 202 Å². The van der Waals surface area contributed by atoms with Crippen LogP contribution in [0.2, 0.25) is 0 Å². The number of ether oxygens (including phenoxy) is 2. The molecule has 0 fully saturated rings. The number of hydrogen-bond donors (Lipinski definition) is 2. The number of nitrogens with one attached hydrogen (secondary N) is 1. The lowest BCUT2D eigenvalue weighted by Crippen LogP contribution is -2.47. The Kier molecular flexibility index (Phi) is 12.1. The first kappa shape index (κ1) is 27.0. The van der Waals surface area contributed by atoms with Crippen molar-refractivity contribution in [2.45, 2.75) is 69.3 Å². The van der Waals surface area contributed by atoms with Crippen LogP contribution in [0.3, 0.4) is 0 Å². The third-order valence-electron chi connectivity index (χ3n) is 4.69. The Balaban J connectivity index is 2.14. The van der Waals surface area contributed by atoms with Gasteiger partial charge >= 0.3 is 6.09 Å². The van der Waals surface area contributed by atoms with Gasteiger partial charge in [0.15, 0.2) is 0 Å². The summed E-state index contributed by atoms with van der Waals surface area (Å²) >= 11 is 1.68. The molecule has 2 N–H and O–H groups in total. The van der Waals surface area contributed by atoms with Crippen molar-refractivity contribution in [3.8, 4) is 0 Å². The molecule has 33 heavy (non-hydrogen) atoms. The summed E-state index contributed by atoms with van der Waals surface area (Å²) in [4.78, 5) is 13.8. The second kappa shape index (κ2) is 14.8. The van der Waals surface area contributed by atoms with Crippen LogP contribution in [0.25, 0.3) is 0 Å². The molecule has 2 aromatic carbocycles. The minimum Gasteiger partial charge on any atom is -0.444 e. The number of aliphatic hydroxyl groups is 1. The molecule has 0 saturated carbocycles. The predicted molar refractivity (Wildman–Crippen MR) is 135 cm³/mol. The Hall–Kier alpha value is -2.28. The molecular weight excluding hydrogens is 434 g/mol. The van der Waals surface area contributed by atoms with E-state index in [1.54, 1.807) is 11.8 Å². The van der Waals surface area contributed by atoms with Crippen LogP contribution in [0, 0.1) is 0 Å². The number of unbranched alkanes of at least 4 members (excludes halogenated alkanes) is 1. The van der Waals surface area contributed by atoms with Crippen LogP contribution in [-0.2, 0) is 16.1 Å². The first-order valence-electron chi connectivity index (χ1n) is 11.5. The van der Waals surface area contributed by atoms with Gasteiger partial charge in [0.05, 0.1) is 18.8 Å². The van der Waals surface area contributed by atoms with E-state index in [1.807, 2.05) is 69.3 Å². The van der Waals surface area contributed by atoms with Crippen molar-refractivity contribution in [3.63, 3.8) is 0 Å². The Morgan fingerprint density at radius 3 is 2.36 bits per heavy atom. The lowest BCUT2D eigenvalue weighted by molar-refractivity contribution is 0.0118. The van der Waals surface area contributed by atoms with Gasteiger partial charge in [0.1, 0.15) is 5.60 Å². The molecule has 2 aromatic rings. The number of benzene rings is 2. The van der Waals surface area contributed by atoms with E-state index in [0.29, 0.717) is 18.8 Å². The Morgan fingerprint density at radius 1 is 1.06 bits per heavy atom. The van der Waals surface area contributed by atoms with Gasteiger partial charge in [-0.05, 0) is 57.7 Å². The number of alkyl carbamates (subject to hydrolysis) is 1. The number of amides is 1. The summed E-state index contributed by atoms with van der Waals surface area (Å²) in [5, 5.41) is 12.1. The normalized spacial score (nSPS) is 13.6. The fourth-order valence-electron chi connectivity index (χ4n) is 3.09. The maximum atomic E-state index is 12.6. The third-order valence-corrected chi connectivity index (χ3v) is 5.83. The zero-order valence-electron chi connectivity index (χ0n) is 19.9. The van der Waals surface area contributed by atoms with Crippen molar-refractivity contribution in [1.82, 2.24) is 5.32 Å². The molecule has 0 aliphatic carbocycles. The average molecular weight is 472 g/mol. The first-order chi connectivity index (χ1) is 15.9. The second-order valence-electron chi connectivity index (χ2n) is 8.78. The topological polar surface area (TPSA) is 67.8 Å². The van der Waals surface area contributed by atoms with Gasteiger partial charge in [-0.1, -0.05) is 60.7 Å². The van der Waals surface area contributed by atoms with Crippen LogP contribution in [0.4, 0.5) is 4.79 Å². The zero-order chi connectivity index (χ0) is 23.9. The molecule has 0 radical (unpaired) electrons. The first-order valence-corrected chi connectivity index (χ1v) is 12.4. The van der Waals surface area contributed by atoms with Gasteiger partial charge in [-0.2, -0.15) is 0 Å². The van der Waals surface area contributed by atoms with E-state index < -0.39 is 11.7 Å². The predicted octanol–water partition coefficient (Wildman–Crippen LogP) is 5.98. The molecular formula is C27H37NO4S. The molecule has 0 aliphatic heterocycles. The molecule has 0 spiro atoms. The molecule has 0 aliphatic rings. The minimum absolute atomic E-state index is 0.175. The van der Waals surface area contributed by atoms with Crippen molar-refractivity contribution < 1.29 is 19.4 Å². The van der Waals surface area contributed by atoms with Crippen molar-refractivity contribution >= 4 is 17.9 Å². The maximum absolute atomic E-state index is 12.6. The largest absolute Gasteiger partial charge is 0.444 e. The fraction of sp³-hybridized carbons (Fsp3) is 0.444. The SMILES string of the molecule is CC(C)(C)OC(=O)N[C@H](CSc1ccccc1)[C@@H](C/C=C/CCCO)OCc1ccccc1. The highest BCUT2D eigenvalue weighted by molar-refractivity contribution is 7.99. The molecule has 6 heteroatoms. The van der Waals surface area contributed by atoms with Crippen LogP contribution in [-0.4, -0.2) is 41.3 Å². The number of carbonyl (C=O) groups is 1. The summed E-state index contributed by atoms with van der Waals surface area (Å²) < 4.78 is 11.9. The van der Waals surface area contributed by atoms with Gasteiger partial charge in [0, 0.05) is 17.3 Å². The molecule has 0 saturated heterocycles. The molecule has 2 atom stereocenters. The van der Waals surface area contributed by atoms with Crippen LogP contribution in [0.5, 0.6) is 0 Å². The number of carbonyl (C=O) groups excluding carboxylic acids is 1. The molecule has 0 unspecified atom stereocenters. The Bertz CT molecular complexity index is 821. The lowest BCUT2D eigenvalue weighted by Gasteiger charge is -2.29. The van der Waals surface area contributed by atoms with Crippen LogP contribution < -0.4 is 5.32 Å². The summed E-state index contributed by atoms with van der Waals surface area (Å²) in [7, 11) is 0. The van der Waals surface area contributed by atoms with Gasteiger partial charge < -0.3 is 19.9 Å². The van der Waals surface area contributed by atoms with Gasteiger partial charge in [0.2, 0.25) is 0 Å². The highest BCUT2D eigenvalue weighted by Gasteiger charge is 2.26. The minimum atomic E-state index is -0.578. The number of aliphatic hydroxyl groups excluding tert-OH is 1. The maximum Gasteiger partial charge on any atom is 0.407 e. The van der Waals surface area contributed by atoms with Crippen LogP contribution in [0.1, 0.15) is 45.6 Å². The van der Waals surface area contributed by atoms with Crippen molar-refractivity contribution in [3.05, 3.63) is 78.4 Å². The van der Waals surface area contributed by atoms with E-state index in [9.17, 15) is 4.79 Å². The highest BCUT2D eigenvalue weighted by atomic mass is 32.2. The van der Waals surface area contributed by atoms with Gasteiger partial charge in [-0.15, -0.1) is 11.8 Å².